The summed E-state index contributed by atoms with van der Waals surface area (Å²) in [6.07, 6.45) is 0.964. The molecule has 1 aromatic heterocycles. The van der Waals surface area contributed by atoms with Gasteiger partial charge in [-0.1, -0.05) is 19.1 Å². The number of carbonyl (C=O) groups excluding carboxylic acids is 1. The van der Waals surface area contributed by atoms with Crippen LogP contribution in [0.2, 0.25) is 0 Å². The van der Waals surface area contributed by atoms with E-state index < -0.39 is 0 Å². The quantitative estimate of drug-likeness (QED) is 0.618. The third-order valence-corrected chi connectivity index (χ3v) is 4.75. The number of hydrogen-bond acceptors (Lipinski definition) is 6. The number of benzene rings is 2. The lowest BCUT2D eigenvalue weighted by Crippen LogP contribution is -2.12. The molecule has 0 aliphatic carbocycles. The molecule has 6 nitrogen and oxygen atoms in total. The van der Waals surface area contributed by atoms with Gasteiger partial charge in [0.1, 0.15) is 5.69 Å². The van der Waals surface area contributed by atoms with E-state index in [1.807, 2.05) is 42.5 Å². The predicted octanol–water partition coefficient (Wildman–Crippen LogP) is 4.72. The average Bonchev–Trinajstić information content (AvgIpc) is 3.17. The minimum atomic E-state index is -0.240. The third-order valence-electron chi connectivity index (χ3n) is 3.99. The molecule has 7 heteroatoms. The molecule has 140 valence electrons. The number of aryl methyl sites for hydroxylation is 1. The van der Waals surface area contributed by atoms with Crippen LogP contribution in [-0.4, -0.2) is 25.1 Å². The zero-order valence-electron chi connectivity index (χ0n) is 15.4. The van der Waals surface area contributed by atoms with Gasteiger partial charge in [0.2, 0.25) is 0 Å². The van der Waals surface area contributed by atoms with Gasteiger partial charge in [-0.2, -0.15) is 0 Å². The first-order valence-electron chi connectivity index (χ1n) is 8.47. The smallest absolute Gasteiger partial charge is 0.275 e. The minimum Gasteiger partial charge on any atom is -0.493 e. The van der Waals surface area contributed by atoms with Gasteiger partial charge in [-0.25, -0.2) is 4.98 Å². The van der Waals surface area contributed by atoms with E-state index in [1.54, 1.807) is 19.6 Å². The molecule has 0 fully saturated rings. The zero-order valence-corrected chi connectivity index (χ0v) is 16.2. The largest absolute Gasteiger partial charge is 0.493 e. The maximum Gasteiger partial charge on any atom is 0.275 e. The van der Waals surface area contributed by atoms with Crippen LogP contribution in [-0.2, 0) is 6.42 Å². The molecule has 0 saturated carbocycles. The molecule has 3 rings (SSSR count). The molecule has 0 aliphatic heterocycles. The van der Waals surface area contributed by atoms with Gasteiger partial charge in [0, 0.05) is 22.8 Å². The Morgan fingerprint density at radius 2 is 1.74 bits per heavy atom. The molecule has 0 aliphatic rings. The summed E-state index contributed by atoms with van der Waals surface area (Å²) in [5, 5.41) is 8.38. The number of anilines is 3. The van der Waals surface area contributed by atoms with Crippen molar-refractivity contribution in [2.24, 2.45) is 0 Å². The van der Waals surface area contributed by atoms with Crippen LogP contribution < -0.4 is 20.1 Å². The van der Waals surface area contributed by atoms with Gasteiger partial charge < -0.3 is 20.1 Å². The van der Waals surface area contributed by atoms with Crippen molar-refractivity contribution in [2.45, 2.75) is 13.3 Å². The maximum atomic E-state index is 12.4. The summed E-state index contributed by atoms with van der Waals surface area (Å²) in [6.45, 7) is 2.09. The second-order valence-electron chi connectivity index (χ2n) is 5.74. The highest BCUT2D eigenvalue weighted by Crippen LogP contribution is 2.31. The van der Waals surface area contributed by atoms with Crippen LogP contribution in [0.15, 0.2) is 47.8 Å². The summed E-state index contributed by atoms with van der Waals surface area (Å²) in [7, 11) is 3.17. The lowest BCUT2D eigenvalue weighted by atomic mass is 10.1. The van der Waals surface area contributed by atoms with Gasteiger partial charge in [0.05, 0.1) is 14.2 Å². The van der Waals surface area contributed by atoms with Crippen molar-refractivity contribution in [3.8, 4) is 11.5 Å². The van der Waals surface area contributed by atoms with Crippen molar-refractivity contribution >= 4 is 33.8 Å². The molecule has 1 heterocycles. The minimum absolute atomic E-state index is 0.240. The lowest BCUT2D eigenvalue weighted by Gasteiger charge is -2.09. The Hall–Kier alpha value is -3.06. The van der Waals surface area contributed by atoms with Crippen LogP contribution in [0, 0.1) is 0 Å². The molecule has 3 aromatic rings. The van der Waals surface area contributed by atoms with Crippen LogP contribution in [0.3, 0.4) is 0 Å². The molecule has 0 spiro atoms. The van der Waals surface area contributed by atoms with E-state index >= 15 is 0 Å². The number of amides is 1. The van der Waals surface area contributed by atoms with E-state index in [-0.39, 0.29) is 5.91 Å². The van der Waals surface area contributed by atoms with E-state index in [4.69, 9.17) is 9.47 Å². The van der Waals surface area contributed by atoms with Crippen molar-refractivity contribution in [1.82, 2.24) is 4.98 Å². The van der Waals surface area contributed by atoms with Gasteiger partial charge in [0.15, 0.2) is 16.6 Å². The first-order valence-corrected chi connectivity index (χ1v) is 9.35. The van der Waals surface area contributed by atoms with Crippen molar-refractivity contribution in [3.63, 3.8) is 0 Å². The normalized spacial score (nSPS) is 10.3. The maximum absolute atomic E-state index is 12.4. The van der Waals surface area contributed by atoms with Crippen LogP contribution in [0.25, 0.3) is 0 Å². The summed E-state index contributed by atoms with van der Waals surface area (Å²) in [5.74, 6) is 1.03. The van der Waals surface area contributed by atoms with Crippen molar-refractivity contribution in [3.05, 3.63) is 59.1 Å². The molecule has 2 aromatic carbocycles. The number of nitrogens with zero attached hydrogens (tertiary/aromatic N) is 1. The van der Waals surface area contributed by atoms with Crippen molar-refractivity contribution < 1.29 is 14.3 Å². The fourth-order valence-electron chi connectivity index (χ4n) is 2.49. The number of carbonyl (C=O) groups is 1. The Bertz CT molecular complexity index is 922. The first kappa shape index (κ1) is 18.7. The Kier molecular flexibility index (Phi) is 5.93. The van der Waals surface area contributed by atoms with Gasteiger partial charge in [-0.3, -0.25) is 4.79 Å². The summed E-state index contributed by atoms with van der Waals surface area (Å²) in [5.41, 5.74) is 3.13. The molecule has 0 bridgehead atoms. The number of thiazole rings is 1. The molecular weight excluding hydrogens is 362 g/mol. The number of ether oxygens (including phenoxy) is 2. The monoisotopic (exact) mass is 383 g/mol. The van der Waals surface area contributed by atoms with Gasteiger partial charge in [-0.15, -0.1) is 11.3 Å². The average molecular weight is 383 g/mol. The number of methoxy groups -OCH3 is 2. The molecule has 0 unspecified atom stereocenters. The zero-order chi connectivity index (χ0) is 19.2. The van der Waals surface area contributed by atoms with E-state index in [9.17, 15) is 4.79 Å². The number of aromatic nitrogens is 1. The molecule has 0 atom stereocenters. The predicted molar refractivity (Wildman–Crippen MR) is 109 cm³/mol. The van der Waals surface area contributed by atoms with Gasteiger partial charge >= 0.3 is 0 Å². The van der Waals surface area contributed by atoms with Crippen LogP contribution >= 0.6 is 11.3 Å². The molecule has 27 heavy (non-hydrogen) atoms. The van der Waals surface area contributed by atoms with E-state index in [0.29, 0.717) is 22.3 Å². The van der Waals surface area contributed by atoms with Crippen LogP contribution in [0.5, 0.6) is 11.5 Å². The second-order valence-corrected chi connectivity index (χ2v) is 6.60. The van der Waals surface area contributed by atoms with Crippen LogP contribution in [0.4, 0.5) is 16.5 Å². The Balaban J connectivity index is 1.67. The van der Waals surface area contributed by atoms with Crippen molar-refractivity contribution in [1.29, 1.82) is 0 Å². The Morgan fingerprint density at radius 1 is 1.04 bits per heavy atom. The topological polar surface area (TPSA) is 72.5 Å². The first-order chi connectivity index (χ1) is 13.1. The molecule has 2 N–H and O–H groups in total. The van der Waals surface area contributed by atoms with E-state index in [2.05, 4.69) is 22.5 Å². The SMILES string of the molecule is CCc1ccc(NC(=O)c2csc(Nc3ccc(OC)c(OC)c3)n2)cc1. The Morgan fingerprint density at radius 3 is 2.41 bits per heavy atom. The molecule has 0 saturated heterocycles. The number of nitrogens with one attached hydrogen (secondary N) is 2. The second kappa shape index (κ2) is 8.55. The van der Waals surface area contributed by atoms with Gasteiger partial charge in [-0.05, 0) is 36.2 Å². The summed E-state index contributed by atoms with van der Waals surface area (Å²) < 4.78 is 10.5. The van der Waals surface area contributed by atoms with E-state index in [0.717, 1.165) is 17.8 Å². The number of rotatable bonds is 7. The number of hydrogen-bond donors (Lipinski definition) is 2. The van der Waals surface area contributed by atoms with Crippen molar-refractivity contribution in [2.75, 3.05) is 24.9 Å². The molecule has 1 amide bonds. The highest BCUT2D eigenvalue weighted by Gasteiger charge is 2.12. The summed E-state index contributed by atoms with van der Waals surface area (Å²) in [6, 6.07) is 13.3. The standard InChI is InChI=1S/C20H21N3O3S/c1-4-13-5-7-14(8-6-13)21-19(24)16-12-27-20(23-16)22-15-9-10-17(25-2)18(11-15)26-3/h5-12H,4H2,1-3H3,(H,21,24)(H,22,23). The lowest BCUT2D eigenvalue weighted by molar-refractivity contribution is 0.102. The fourth-order valence-corrected chi connectivity index (χ4v) is 3.20. The van der Waals surface area contributed by atoms with E-state index in [1.165, 1.54) is 16.9 Å². The third kappa shape index (κ3) is 4.57. The van der Waals surface area contributed by atoms with Gasteiger partial charge in [0.25, 0.3) is 5.91 Å². The summed E-state index contributed by atoms with van der Waals surface area (Å²) in [4.78, 5) is 16.7. The fraction of sp³-hybridized carbons (Fsp3) is 0.200. The highest BCUT2D eigenvalue weighted by molar-refractivity contribution is 7.14. The van der Waals surface area contributed by atoms with Crippen LogP contribution in [0.1, 0.15) is 23.0 Å². The summed E-state index contributed by atoms with van der Waals surface area (Å²) >= 11 is 1.36. The molecular formula is C20H21N3O3S. The molecule has 0 radical (unpaired) electrons. The highest BCUT2D eigenvalue weighted by atomic mass is 32.1. The Labute approximate surface area is 162 Å².